The van der Waals surface area contributed by atoms with Crippen LogP contribution < -0.4 is 4.74 Å². The summed E-state index contributed by atoms with van der Waals surface area (Å²) in [4.78, 5) is 21.9. The average Bonchev–Trinajstić information content (AvgIpc) is 2.47. The molecule has 0 aliphatic carbocycles. The van der Waals surface area contributed by atoms with E-state index in [1.165, 1.54) is 48.5 Å². The molecule has 2 aromatic rings. The Morgan fingerprint density at radius 1 is 1.20 bits per heavy atom. The van der Waals surface area contributed by atoms with Gasteiger partial charge in [0.1, 0.15) is 5.75 Å². The molecule has 0 unspecified atom stereocenters. The van der Waals surface area contributed by atoms with Gasteiger partial charge in [-0.1, -0.05) is 6.07 Å². The third kappa shape index (κ3) is 2.97. The molecule has 98 valence electrons. The quantitative estimate of drug-likeness (QED) is 0.369. The minimum atomic E-state index is -0.644. The summed E-state index contributed by atoms with van der Waals surface area (Å²) in [6.45, 7) is 0. The molecule has 0 saturated heterocycles. The lowest BCUT2D eigenvalue weighted by Gasteiger charge is -2.04. The number of non-ortho nitro benzene ring substituents is 1. The highest BCUT2D eigenvalue weighted by molar-refractivity contribution is 5.91. The largest absolute Gasteiger partial charge is 0.423 e. The number of nitro groups is 1. The molecule has 0 amide bonds. The number of nitrogens with zero attached hydrogens (tertiary/aromatic N) is 2. The number of esters is 1. The predicted octanol–water partition coefficient (Wildman–Crippen LogP) is 2.69. The lowest BCUT2D eigenvalue weighted by atomic mass is 10.1. The van der Waals surface area contributed by atoms with E-state index in [4.69, 9.17) is 10.00 Å². The molecule has 0 saturated carbocycles. The van der Waals surface area contributed by atoms with Crippen molar-refractivity contribution in [3.8, 4) is 11.8 Å². The van der Waals surface area contributed by atoms with Gasteiger partial charge in [-0.3, -0.25) is 10.1 Å². The van der Waals surface area contributed by atoms with Gasteiger partial charge in [-0.2, -0.15) is 5.26 Å². The van der Waals surface area contributed by atoms with Crippen LogP contribution in [0.2, 0.25) is 0 Å². The molecule has 0 aliphatic rings. The summed E-state index contributed by atoms with van der Waals surface area (Å²) in [7, 11) is 0. The summed E-state index contributed by atoms with van der Waals surface area (Å²) >= 11 is 0. The lowest BCUT2D eigenvalue weighted by molar-refractivity contribution is -0.384. The first kappa shape index (κ1) is 13.2. The standard InChI is InChI=1S/C14H8N2O4/c15-9-10-4-6-11(7-5-10)14(17)20-13-3-1-2-12(8-13)16(18)19/h1-8H. The second-order valence-corrected chi connectivity index (χ2v) is 3.83. The molecule has 6 nitrogen and oxygen atoms in total. The molecule has 0 fully saturated rings. The third-order valence-electron chi connectivity index (χ3n) is 2.49. The highest BCUT2D eigenvalue weighted by Crippen LogP contribution is 2.20. The average molecular weight is 268 g/mol. The van der Waals surface area contributed by atoms with Crippen molar-refractivity contribution >= 4 is 11.7 Å². The first-order valence-electron chi connectivity index (χ1n) is 5.57. The number of rotatable bonds is 3. The van der Waals surface area contributed by atoms with Crippen molar-refractivity contribution < 1.29 is 14.5 Å². The molecule has 2 rings (SSSR count). The second kappa shape index (κ2) is 5.63. The maximum Gasteiger partial charge on any atom is 0.343 e. The van der Waals surface area contributed by atoms with Crippen molar-refractivity contribution in [3.63, 3.8) is 0 Å². The fraction of sp³-hybridized carbons (Fsp3) is 0. The third-order valence-corrected chi connectivity index (χ3v) is 2.49. The number of nitriles is 1. The summed E-state index contributed by atoms with van der Waals surface area (Å²) in [5, 5.41) is 19.3. The molecule has 0 radical (unpaired) electrons. The second-order valence-electron chi connectivity index (χ2n) is 3.83. The van der Waals surface area contributed by atoms with E-state index < -0.39 is 10.9 Å². The van der Waals surface area contributed by atoms with Crippen LogP contribution in [0.25, 0.3) is 0 Å². The molecule has 0 heterocycles. The SMILES string of the molecule is N#Cc1ccc(C(=O)Oc2cccc([N+](=O)[O-])c2)cc1. The van der Waals surface area contributed by atoms with Crippen molar-refractivity contribution in [1.82, 2.24) is 0 Å². The Labute approximate surface area is 114 Å². The predicted molar refractivity (Wildman–Crippen MR) is 69.2 cm³/mol. The van der Waals surface area contributed by atoms with Crippen molar-refractivity contribution in [2.45, 2.75) is 0 Å². The molecule has 0 bridgehead atoms. The number of ether oxygens (including phenoxy) is 1. The van der Waals surface area contributed by atoms with E-state index in [0.717, 1.165) is 0 Å². The smallest absolute Gasteiger partial charge is 0.343 e. The van der Waals surface area contributed by atoms with Gasteiger partial charge in [0, 0.05) is 6.07 Å². The van der Waals surface area contributed by atoms with E-state index >= 15 is 0 Å². The molecule has 0 aromatic heterocycles. The maximum absolute atomic E-state index is 11.8. The van der Waals surface area contributed by atoms with Gasteiger partial charge in [0.25, 0.3) is 5.69 Å². The van der Waals surface area contributed by atoms with Gasteiger partial charge in [0.15, 0.2) is 0 Å². The minimum Gasteiger partial charge on any atom is -0.423 e. The van der Waals surface area contributed by atoms with Gasteiger partial charge in [-0.05, 0) is 30.3 Å². The molecule has 0 aliphatic heterocycles. The Kier molecular flexibility index (Phi) is 3.72. The summed E-state index contributed by atoms with van der Waals surface area (Å²) in [6.07, 6.45) is 0. The number of hydrogen-bond acceptors (Lipinski definition) is 5. The van der Waals surface area contributed by atoms with E-state index in [1.807, 2.05) is 6.07 Å². The van der Waals surface area contributed by atoms with Gasteiger partial charge < -0.3 is 4.74 Å². The zero-order valence-electron chi connectivity index (χ0n) is 10.1. The van der Waals surface area contributed by atoms with Crippen molar-refractivity contribution in [2.24, 2.45) is 0 Å². The fourth-order valence-corrected chi connectivity index (χ4v) is 1.51. The summed E-state index contributed by atoms with van der Waals surface area (Å²) < 4.78 is 5.04. The van der Waals surface area contributed by atoms with Gasteiger partial charge in [0.2, 0.25) is 0 Å². The van der Waals surface area contributed by atoms with Crippen LogP contribution in [0.3, 0.4) is 0 Å². The van der Waals surface area contributed by atoms with Gasteiger partial charge in [-0.15, -0.1) is 0 Å². The van der Waals surface area contributed by atoms with Crippen LogP contribution in [-0.4, -0.2) is 10.9 Å². The van der Waals surface area contributed by atoms with Gasteiger partial charge >= 0.3 is 5.97 Å². The van der Waals surface area contributed by atoms with E-state index in [1.54, 1.807) is 0 Å². The van der Waals surface area contributed by atoms with Gasteiger partial charge in [0.05, 0.1) is 28.2 Å². The Bertz CT molecular complexity index is 702. The number of benzene rings is 2. The fourth-order valence-electron chi connectivity index (χ4n) is 1.51. The lowest BCUT2D eigenvalue weighted by Crippen LogP contribution is -2.08. The van der Waals surface area contributed by atoms with Crippen LogP contribution in [0.15, 0.2) is 48.5 Å². The number of carbonyl (C=O) groups excluding carboxylic acids is 1. The zero-order chi connectivity index (χ0) is 14.5. The van der Waals surface area contributed by atoms with Gasteiger partial charge in [-0.25, -0.2) is 4.79 Å². The molecular formula is C14H8N2O4. The molecular weight excluding hydrogens is 260 g/mol. The minimum absolute atomic E-state index is 0.0913. The van der Waals surface area contributed by atoms with E-state index in [2.05, 4.69) is 0 Å². The van der Waals surface area contributed by atoms with Crippen LogP contribution in [0.1, 0.15) is 15.9 Å². The monoisotopic (exact) mass is 268 g/mol. The zero-order valence-corrected chi connectivity index (χ0v) is 10.1. The van der Waals surface area contributed by atoms with Crippen LogP contribution in [-0.2, 0) is 0 Å². The normalized spacial score (nSPS) is 9.55. The number of carbonyl (C=O) groups is 1. The van der Waals surface area contributed by atoms with Crippen LogP contribution in [0, 0.1) is 21.4 Å². The van der Waals surface area contributed by atoms with Crippen LogP contribution in [0.4, 0.5) is 5.69 Å². The van der Waals surface area contributed by atoms with E-state index in [9.17, 15) is 14.9 Å². The van der Waals surface area contributed by atoms with Crippen molar-refractivity contribution in [2.75, 3.05) is 0 Å². The first-order valence-corrected chi connectivity index (χ1v) is 5.57. The van der Waals surface area contributed by atoms with E-state index in [-0.39, 0.29) is 17.0 Å². The van der Waals surface area contributed by atoms with Crippen molar-refractivity contribution in [3.05, 3.63) is 69.8 Å². The molecule has 20 heavy (non-hydrogen) atoms. The number of nitro benzene ring substituents is 1. The molecule has 0 spiro atoms. The maximum atomic E-state index is 11.8. The first-order chi connectivity index (χ1) is 9.60. The summed E-state index contributed by atoms with van der Waals surface area (Å²) in [5.41, 5.74) is 0.530. The Hall–Kier alpha value is -3.20. The topological polar surface area (TPSA) is 93.2 Å². The number of hydrogen-bond donors (Lipinski definition) is 0. The van der Waals surface area contributed by atoms with Crippen LogP contribution >= 0.6 is 0 Å². The molecule has 2 aromatic carbocycles. The van der Waals surface area contributed by atoms with Crippen molar-refractivity contribution in [1.29, 1.82) is 5.26 Å². The summed E-state index contributed by atoms with van der Waals surface area (Å²) in [5.74, 6) is -0.552. The van der Waals surface area contributed by atoms with Crippen LogP contribution in [0.5, 0.6) is 5.75 Å². The highest BCUT2D eigenvalue weighted by atomic mass is 16.6. The molecule has 0 atom stereocenters. The molecule has 0 N–H and O–H groups in total. The summed E-state index contributed by atoms with van der Waals surface area (Å²) in [6, 6.07) is 13.2. The Morgan fingerprint density at radius 2 is 1.90 bits per heavy atom. The van der Waals surface area contributed by atoms with E-state index in [0.29, 0.717) is 5.56 Å². The Morgan fingerprint density at radius 3 is 2.50 bits per heavy atom. The molecule has 6 heteroatoms. The highest BCUT2D eigenvalue weighted by Gasteiger charge is 2.11. The Balaban J connectivity index is 2.17.